The van der Waals surface area contributed by atoms with Gasteiger partial charge in [-0.1, -0.05) is 29.8 Å². The highest BCUT2D eigenvalue weighted by molar-refractivity contribution is 6.33. The molecule has 0 saturated heterocycles. The van der Waals surface area contributed by atoms with E-state index < -0.39 is 0 Å². The van der Waals surface area contributed by atoms with Gasteiger partial charge >= 0.3 is 5.97 Å². The third-order valence-corrected chi connectivity index (χ3v) is 3.71. The number of carbonyl (C=O) groups excluding carboxylic acids is 2. The van der Waals surface area contributed by atoms with E-state index in [9.17, 15) is 9.59 Å². The first-order chi connectivity index (χ1) is 11.6. The summed E-state index contributed by atoms with van der Waals surface area (Å²) in [4.78, 5) is 30.1. The van der Waals surface area contributed by atoms with Crippen LogP contribution < -0.4 is 0 Å². The fourth-order valence-electron chi connectivity index (χ4n) is 2.23. The molecule has 0 saturated carbocycles. The van der Waals surface area contributed by atoms with Crippen LogP contribution in [0, 0.1) is 0 Å². The Balaban J connectivity index is 2.16. The van der Waals surface area contributed by atoms with Gasteiger partial charge in [-0.2, -0.15) is 0 Å². The summed E-state index contributed by atoms with van der Waals surface area (Å²) < 4.78 is 4.94. The molecule has 1 heterocycles. The molecule has 0 spiro atoms. The van der Waals surface area contributed by atoms with Gasteiger partial charge in [0.15, 0.2) is 0 Å². The molecule has 126 valence electrons. The van der Waals surface area contributed by atoms with Gasteiger partial charge in [-0.3, -0.25) is 14.6 Å². The van der Waals surface area contributed by atoms with Crippen molar-refractivity contribution in [2.45, 2.75) is 19.9 Å². The van der Waals surface area contributed by atoms with Crippen molar-refractivity contribution in [3.63, 3.8) is 0 Å². The summed E-state index contributed by atoms with van der Waals surface area (Å²) >= 11 is 6.13. The Morgan fingerprint density at radius 2 is 2.00 bits per heavy atom. The topological polar surface area (TPSA) is 59.5 Å². The number of nitrogens with zero attached hydrogens (tertiary/aromatic N) is 2. The zero-order chi connectivity index (χ0) is 17.4. The highest BCUT2D eigenvalue weighted by atomic mass is 35.5. The monoisotopic (exact) mass is 346 g/mol. The van der Waals surface area contributed by atoms with E-state index in [1.165, 1.54) is 0 Å². The van der Waals surface area contributed by atoms with Crippen molar-refractivity contribution in [1.82, 2.24) is 9.88 Å². The number of halogens is 1. The first kappa shape index (κ1) is 17.9. The molecule has 0 bridgehead atoms. The summed E-state index contributed by atoms with van der Waals surface area (Å²) in [5, 5.41) is 0.384. The second kappa shape index (κ2) is 9.03. The average molecular weight is 347 g/mol. The Morgan fingerprint density at radius 1 is 1.21 bits per heavy atom. The molecule has 0 unspecified atom stereocenters. The van der Waals surface area contributed by atoms with Crippen molar-refractivity contribution in [3.05, 3.63) is 64.9 Å². The number of hydrogen-bond donors (Lipinski definition) is 0. The number of hydrogen-bond acceptors (Lipinski definition) is 4. The molecule has 1 aromatic heterocycles. The van der Waals surface area contributed by atoms with Gasteiger partial charge in [0.05, 0.1) is 23.6 Å². The van der Waals surface area contributed by atoms with Crippen molar-refractivity contribution in [2.24, 2.45) is 0 Å². The quantitative estimate of drug-likeness (QED) is 0.721. The van der Waals surface area contributed by atoms with Crippen LogP contribution >= 0.6 is 11.6 Å². The van der Waals surface area contributed by atoms with Crippen LogP contribution in [0.1, 0.15) is 29.3 Å². The van der Waals surface area contributed by atoms with E-state index in [0.717, 1.165) is 5.56 Å². The number of pyridine rings is 1. The lowest BCUT2D eigenvalue weighted by Crippen LogP contribution is -2.33. The van der Waals surface area contributed by atoms with Gasteiger partial charge in [0, 0.05) is 25.5 Å². The van der Waals surface area contributed by atoms with E-state index in [1.54, 1.807) is 54.5 Å². The molecule has 24 heavy (non-hydrogen) atoms. The van der Waals surface area contributed by atoms with Gasteiger partial charge in [0.25, 0.3) is 5.91 Å². The Hall–Kier alpha value is -2.40. The molecule has 0 aliphatic rings. The summed E-state index contributed by atoms with van der Waals surface area (Å²) in [6.45, 7) is 2.66. The first-order valence-corrected chi connectivity index (χ1v) is 8.08. The van der Waals surface area contributed by atoms with Gasteiger partial charge in [-0.05, 0) is 30.7 Å². The van der Waals surface area contributed by atoms with Crippen LogP contribution in [0.25, 0.3) is 0 Å². The number of ether oxygens (including phenoxy) is 1. The lowest BCUT2D eigenvalue weighted by atomic mass is 10.1. The fraction of sp³-hybridized carbons (Fsp3) is 0.278. The Kier molecular flexibility index (Phi) is 6.75. The summed E-state index contributed by atoms with van der Waals surface area (Å²) in [6, 6.07) is 10.5. The Labute approximate surface area is 146 Å². The Morgan fingerprint density at radius 3 is 2.67 bits per heavy atom. The second-order valence-corrected chi connectivity index (χ2v) is 5.53. The summed E-state index contributed by atoms with van der Waals surface area (Å²) in [5.74, 6) is -0.561. The number of rotatable bonds is 7. The SMILES string of the molecule is CCOC(=O)CCN(Cc1cccnc1)C(=O)c1ccccc1Cl. The van der Waals surface area contributed by atoms with E-state index in [2.05, 4.69) is 4.98 Å². The number of amides is 1. The van der Waals surface area contributed by atoms with E-state index in [0.29, 0.717) is 23.7 Å². The summed E-state index contributed by atoms with van der Waals surface area (Å²) in [6.07, 6.45) is 3.49. The van der Waals surface area contributed by atoms with Crippen LogP contribution in [-0.4, -0.2) is 34.9 Å². The maximum Gasteiger partial charge on any atom is 0.307 e. The van der Waals surface area contributed by atoms with E-state index in [-0.39, 0.29) is 24.8 Å². The smallest absolute Gasteiger partial charge is 0.307 e. The third-order valence-electron chi connectivity index (χ3n) is 3.38. The van der Waals surface area contributed by atoms with Gasteiger partial charge in [0.1, 0.15) is 0 Å². The third kappa shape index (κ3) is 5.06. The minimum absolute atomic E-state index is 0.129. The average Bonchev–Trinajstić information content (AvgIpc) is 2.59. The first-order valence-electron chi connectivity index (χ1n) is 7.70. The van der Waals surface area contributed by atoms with Crippen molar-refractivity contribution in [3.8, 4) is 0 Å². The van der Waals surface area contributed by atoms with E-state index in [1.807, 2.05) is 6.07 Å². The van der Waals surface area contributed by atoms with Crippen molar-refractivity contribution < 1.29 is 14.3 Å². The highest BCUT2D eigenvalue weighted by Gasteiger charge is 2.19. The summed E-state index contributed by atoms with van der Waals surface area (Å²) in [5.41, 5.74) is 1.29. The standard InChI is InChI=1S/C18H19ClN2O3/c1-2-24-17(22)9-11-21(13-14-6-5-10-20-12-14)18(23)15-7-3-4-8-16(15)19/h3-8,10,12H,2,9,11,13H2,1H3. The van der Waals surface area contributed by atoms with Crippen LogP contribution in [0.4, 0.5) is 0 Å². The second-order valence-electron chi connectivity index (χ2n) is 5.12. The normalized spacial score (nSPS) is 10.2. The molecule has 0 aliphatic heterocycles. The van der Waals surface area contributed by atoms with Gasteiger partial charge in [-0.15, -0.1) is 0 Å². The summed E-state index contributed by atoms with van der Waals surface area (Å²) in [7, 11) is 0. The molecule has 0 N–H and O–H groups in total. The molecular formula is C18H19ClN2O3. The molecule has 2 rings (SSSR count). The number of carbonyl (C=O) groups is 2. The molecule has 1 amide bonds. The molecule has 0 aliphatic carbocycles. The lowest BCUT2D eigenvalue weighted by molar-refractivity contribution is -0.143. The Bertz CT molecular complexity index is 692. The molecule has 0 fully saturated rings. The maximum absolute atomic E-state index is 12.8. The van der Waals surface area contributed by atoms with Crippen molar-refractivity contribution >= 4 is 23.5 Å². The van der Waals surface area contributed by atoms with Crippen molar-refractivity contribution in [1.29, 1.82) is 0 Å². The van der Waals surface area contributed by atoms with Crippen LogP contribution in [-0.2, 0) is 16.1 Å². The number of aromatic nitrogens is 1. The largest absolute Gasteiger partial charge is 0.466 e. The lowest BCUT2D eigenvalue weighted by Gasteiger charge is -2.23. The number of benzene rings is 1. The minimum atomic E-state index is -0.333. The maximum atomic E-state index is 12.8. The molecular weight excluding hydrogens is 328 g/mol. The van der Waals surface area contributed by atoms with Crippen LogP contribution in [0.15, 0.2) is 48.8 Å². The highest BCUT2D eigenvalue weighted by Crippen LogP contribution is 2.18. The predicted molar refractivity (Wildman–Crippen MR) is 91.7 cm³/mol. The fourth-order valence-corrected chi connectivity index (χ4v) is 2.45. The zero-order valence-corrected chi connectivity index (χ0v) is 14.2. The van der Waals surface area contributed by atoms with E-state index in [4.69, 9.17) is 16.3 Å². The zero-order valence-electron chi connectivity index (χ0n) is 13.4. The van der Waals surface area contributed by atoms with Crippen LogP contribution in [0.2, 0.25) is 5.02 Å². The van der Waals surface area contributed by atoms with Crippen molar-refractivity contribution in [2.75, 3.05) is 13.2 Å². The molecule has 6 heteroatoms. The molecule has 1 aromatic carbocycles. The van der Waals surface area contributed by atoms with Gasteiger partial charge in [-0.25, -0.2) is 0 Å². The predicted octanol–water partition coefficient (Wildman–Crippen LogP) is 3.33. The molecule has 2 aromatic rings. The van der Waals surface area contributed by atoms with Crippen LogP contribution in [0.3, 0.4) is 0 Å². The van der Waals surface area contributed by atoms with Gasteiger partial charge in [0.2, 0.25) is 0 Å². The molecule has 0 atom stereocenters. The number of esters is 1. The molecule has 5 nitrogen and oxygen atoms in total. The van der Waals surface area contributed by atoms with E-state index >= 15 is 0 Å². The van der Waals surface area contributed by atoms with Crippen LogP contribution in [0.5, 0.6) is 0 Å². The molecule has 0 radical (unpaired) electrons. The minimum Gasteiger partial charge on any atom is -0.466 e. The van der Waals surface area contributed by atoms with Gasteiger partial charge < -0.3 is 9.64 Å².